The van der Waals surface area contributed by atoms with Crippen molar-refractivity contribution in [3.05, 3.63) is 58.6 Å². The maximum absolute atomic E-state index is 13.5. The molecule has 0 bridgehead atoms. The van der Waals surface area contributed by atoms with Crippen molar-refractivity contribution in [1.29, 1.82) is 0 Å². The smallest absolute Gasteiger partial charge is 0.422 e. The van der Waals surface area contributed by atoms with Crippen molar-refractivity contribution in [3.8, 4) is 17.2 Å². The highest BCUT2D eigenvalue weighted by Crippen LogP contribution is 2.47. The van der Waals surface area contributed by atoms with Crippen LogP contribution >= 0.6 is 11.6 Å². The first-order valence-corrected chi connectivity index (χ1v) is 10.9. The predicted octanol–water partition coefficient (Wildman–Crippen LogP) is 6.10. The molecule has 1 aliphatic rings. The number of amides is 2. The third kappa shape index (κ3) is 5.32. The van der Waals surface area contributed by atoms with E-state index in [0.717, 1.165) is 19.1 Å². The fourth-order valence-electron chi connectivity index (χ4n) is 3.82. The van der Waals surface area contributed by atoms with Crippen molar-refractivity contribution in [2.24, 2.45) is 0 Å². The van der Waals surface area contributed by atoms with E-state index in [1.165, 1.54) is 30.3 Å². The van der Waals surface area contributed by atoms with Crippen LogP contribution in [0.1, 0.15) is 27.6 Å². The summed E-state index contributed by atoms with van der Waals surface area (Å²) in [6.45, 7) is -2.60. The van der Waals surface area contributed by atoms with Gasteiger partial charge < -0.3 is 14.2 Å². The second-order valence-corrected chi connectivity index (χ2v) is 8.32. The van der Waals surface area contributed by atoms with Crippen LogP contribution in [0.5, 0.6) is 17.2 Å². The molecule has 0 saturated carbocycles. The number of esters is 1. The summed E-state index contributed by atoms with van der Waals surface area (Å²) in [5.74, 6) is -4.50. The van der Waals surface area contributed by atoms with E-state index in [1.54, 1.807) is 0 Å². The molecule has 0 radical (unpaired) electrons. The number of imide groups is 1. The van der Waals surface area contributed by atoms with Crippen LogP contribution < -0.4 is 19.1 Å². The van der Waals surface area contributed by atoms with E-state index in [4.69, 9.17) is 25.8 Å². The summed E-state index contributed by atoms with van der Waals surface area (Å²) < 4.78 is 92.9. The number of carbonyl (C=O) groups is 3. The zero-order valence-corrected chi connectivity index (χ0v) is 19.8. The summed E-state index contributed by atoms with van der Waals surface area (Å²) in [7, 11) is 0. The minimum atomic E-state index is -4.85. The fourth-order valence-corrected chi connectivity index (χ4v) is 4.08. The van der Waals surface area contributed by atoms with E-state index in [2.05, 4.69) is 0 Å². The minimum absolute atomic E-state index is 0.0444. The highest BCUT2D eigenvalue weighted by atomic mass is 35.5. The molecule has 0 fully saturated rings. The van der Waals surface area contributed by atoms with Crippen LogP contribution in [0.25, 0.3) is 10.8 Å². The van der Waals surface area contributed by atoms with E-state index in [0.29, 0.717) is 4.90 Å². The van der Waals surface area contributed by atoms with Crippen LogP contribution in [0.3, 0.4) is 0 Å². The third-order valence-electron chi connectivity index (χ3n) is 5.14. The number of halogens is 7. The molecular weight excluding hydrogens is 548 g/mol. The normalized spacial score (nSPS) is 13.6. The Bertz CT molecular complexity index is 1390. The Labute approximate surface area is 214 Å². The lowest BCUT2D eigenvalue weighted by atomic mass is 9.99. The summed E-state index contributed by atoms with van der Waals surface area (Å²) in [5, 5.41) is -0.655. The summed E-state index contributed by atoms with van der Waals surface area (Å²) in [6.07, 6.45) is -9.69. The van der Waals surface area contributed by atoms with Gasteiger partial charge in [0, 0.05) is 23.8 Å². The number of alkyl halides is 6. The number of fused-ring (bicyclic) bond motifs is 2. The first-order chi connectivity index (χ1) is 17.7. The molecule has 0 aromatic heterocycles. The van der Waals surface area contributed by atoms with Gasteiger partial charge in [-0.3, -0.25) is 14.4 Å². The summed E-state index contributed by atoms with van der Waals surface area (Å²) in [4.78, 5) is 38.6. The van der Waals surface area contributed by atoms with Crippen molar-refractivity contribution in [2.45, 2.75) is 19.3 Å². The van der Waals surface area contributed by atoms with Crippen LogP contribution in [0.4, 0.5) is 32.0 Å². The SMILES string of the molecule is CC(=O)Oc1ccc(N2C(=O)c3c(c(OCC(F)(F)F)c4ccccc4c3OCC(F)(F)F)C2=O)c(Cl)c1. The minimum Gasteiger partial charge on any atom is -0.483 e. The largest absolute Gasteiger partial charge is 0.483 e. The highest BCUT2D eigenvalue weighted by Gasteiger charge is 2.45. The van der Waals surface area contributed by atoms with Gasteiger partial charge >= 0.3 is 18.3 Å². The Kier molecular flexibility index (Phi) is 6.91. The van der Waals surface area contributed by atoms with Crippen LogP contribution in [-0.2, 0) is 4.79 Å². The predicted molar refractivity (Wildman–Crippen MR) is 121 cm³/mol. The van der Waals surface area contributed by atoms with Gasteiger partial charge in [0.1, 0.15) is 17.2 Å². The molecule has 0 unspecified atom stereocenters. The quantitative estimate of drug-likeness (QED) is 0.157. The molecule has 38 heavy (non-hydrogen) atoms. The van der Waals surface area contributed by atoms with E-state index in [1.807, 2.05) is 0 Å². The van der Waals surface area contributed by atoms with Crippen molar-refractivity contribution < 1.29 is 54.9 Å². The Morgan fingerprint density at radius 3 is 1.71 bits per heavy atom. The molecule has 0 aliphatic carbocycles. The van der Waals surface area contributed by atoms with E-state index in [9.17, 15) is 40.7 Å². The Balaban J connectivity index is 1.93. The molecule has 0 atom stereocenters. The molecule has 1 heterocycles. The van der Waals surface area contributed by atoms with Crippen LogP contribution in [0.15, 0.2) is 42.5 Å². The van der Waals surface area contributed by atoms with Crippen molar-refractivity contribution in [2.75, 3.05) is 18.1 Å². The molecule has 2 amide bonds. The fraction of sp³-hybridized carbons (Fsp3) is 0.208. The number of carbonyl (C=O) groups excluding carboxylic acids is 3. The number of ether oxygens (including phenoxy) is 3. The van der Waals surface area contributed by atoms with E-state index in [-0.39, 0.29) is 27.2 Å². The van der Waals surface area contributed by atoms with Crippen molar-refractivity contribution >= 4 is 45.8 Å². The van der Waals surface area contributed by atoms with Gasteiger partial charge in [0.05, 0.1) is 21.8 Å². The highest BCUT2D eigenvalue weighted by molar-refractivity contribution is 6.41. The first-order valence-electron chi connectivity index (χ1n) is 10.5. The van der Waals surface area contributed by atoms with Gasteiger partial charge in [0.15, 0.2) is 13.2 Å². The molecule has 0 saturated heterocycles. The van der Waals surface area contributed by atoms with Crippen molar-refractivity contribution in [3.63, 3.8) is 0 Å². The second-order valence-electron chi connectivity index (χ2n) is 7.91. The maximum Gasteiger partial charge on any atom is 0.422 e. The monoisotopic (exact) mass is 561 g/mol. The lowest BCUT2D eigenvalue weighted by Gasteiger charge is -2.18. The number of hydrogen-bond donors (Lipinski definition) is 0. The number of anilines is 1. The lowest BCUT2D eigenvalue weighted by molar-refractivity contribution is -0.154. The third-order valence-corrected chi connectivity index (χ3v) is 5.44. The molecule has 3 aromatic rings. The number of hydrogen-bond acceptors (Lipinski definition) is 6. The number of benzene rings is 3. The van der Waals surface area contributed by atoms with Gasteiger partial charge in [0.2, 0.25) is 0 Å². The van der Waals surface area contributed by atoms with E-state index < -0.39 is 66.0 Å². The zero-order valence-electron chi connectivity index (χ0n) is 19.0. The Hall–Kier alpha value is -4.00. The van der Waals surface area contributed by atoms with Crippen LogP contribution in [-0.4, -0.2) is 43.4 Å². The lowest BCUT2D eigenvalue weighted by Crippen LogP contribution is -2.30. The molecule has 1 aliphatic heterocycles. The molecule has 7 nitrogen and oxygen atoms in total. The average molecular weight is 562 g/mol. The molecule has 4 rings (SSSR count). The summed E-state index contributed by atoms with van der Waals surface area (Å²) in [5.41, 5.74) is -1.73. The molecule has 14 heteroatoms. The molecule has 0 spiro atoms. The zero-order chi connectivity index (χ0) is 28.0. The van der Waals surface area contributed by atoms with Gasteiger partial charge in [-0.25, -0.2) is 4.90 Å². The van der Waals surface area contributed by atoms with Crippen LogP contribution in [0, 0.1) is 0 Å². The standard InChI is InChI=1S/C24H14ClF6NO6/c1-11(33)38-12-6-7-16(15(25)8-12)32-21(34)17-18(22(32)35)20(37-10-24(29,30)31)14-5-3-2-4-13(14)19(17)36-9-23(26,27)28/h2-8H,9-10H2,1H3. The van der Waals surface area contributed by atoms with Gasteiger partial charge in [-0.1, -0.05) is 35.9 Å². The summed E-state index contributed by atoms with van der Waals surface area (Å²) >= 11 is 6.20. The molecule has 200 valence electrons. The number of rotatable bonds is 6. The first kappa shape index (κ1) is 27.0. The Morgan fingerprint density at radius 2 is 1.32 bits per heavy atom. The average Bonchev–Trinajstić information content (AvgIpc) is 3.05. The second kappa shape index (κ2) is 9.71. The maximum atomic E-state index is 13.5. The molecule has 0 N–H and O–H groups in total. The topological polar surface area (TPSA) is 82.1 Å². The van der Waals surface area contributed by atoms with Gasteiger partial charge in [-0.05, 0) is 12.1 Å². The van der Waals surface area contributed by atoms with Crippen LogP contribution in [0.2, 0.25) is 5.02 Å². The Morgan fingerprint density at radius 1 is 0.842 bits per heavy atom. The van der Waals surface area contributed by atoms with Gasteiger partial charge in [-0.15, -0.1) is 0 Å². The number of nitrogens with zero attached hydrogens (tertiary/aromatic N) is 1. The molecule has 3 aromatic carbocycles. The van der Waals surface area contributed by atoms with Gasteiger partial charge in [-0.2, -0.15) is 26.3 Å². The molecular formula is C24H14ClF6NO6. The van der Waals surface area contributed by atoms with Gasteiger partial charge in [0.25, 0.3) is 11.8 Å². The summed E-state index contributed by atoms with van der Waals surface area (Å²) in [6, 6.07) is 8.53. The van der Waals surface area contributed by atoms with E-state index >= 15 is 0 Å². The van der Waals surface area contributed by atoms with Crippen molar-refractivity contribution in [1.82, 2.24) is 0 Å².